The van der Waals surface area contributed by atoms with E-state index in [2.05, 4.69) is 5.32 Å². The van der Waals surface area contributed by atoms with E-state index in [1.54, 1.807) is 43.3 Å². The van der Waals surface area contributed by atoms with Gasteiger partial charge in [-0.3, -0.25) is 4.79 Å². The van der Waals surface area contributed by atoms with Crippen LogP contribution >= 0.6 is 0 Å². The Labute approximate surface area is 113 Å². The summed E-state index contributed by atoms with van der Waals surface area (Å²) < 4.78 is 4.94. The molecule has 0 aromatic heterocycles. The standard InChI is InChI=1S/C14H20N2O3/c1-11(17)12-6-4-7-13(10-12)15-14(18)16(2)8-5-9-19-3/h4,6-7,10H,5,8-9H2,1-3H3,(H,15,18). The Hall–Kier alpha value is -1.88. The van der Waals surface area contributed by atoms with Crippen LogP contribution in [0, 0.1) is 0 Å². The highest BCUT2D eigenvalue weighted by Crippen LogP contribution is 2.11. The van der Waals surface area contributed by atoms with Crippen LogP contribution in [0.15, 0.2) is 24.3 Å². The Balaban J connectivity index is 2.56. The van der Waals surface area contributed by atoms with E-state index in [-0.39, 0.29) is 11.8 Å². The molecule has 0 aliphatic carbocycles. The van der Waals surface area contributed by atoms with Crippen molar-refractivity contribution in [3.8, 4) is 0 Å². The Kier molecular flexibility index (Phi) is 6.02. The fourth-order valence-electron chi connectivity index (χ4n) is 1.58. The highest BCUT2D eigenvalue weighted by molar-refractivity contribution is 5.96. The number of hydrogen-bond acceptors (Lipinski definition) is 3. The first kappa shape index (κ1) is 15.2. The number of Topliss-reactive ketones (excluding diaryl/α,β-unsaturated/α-hetero) is 1. The molecule has 0 aliphatic rings. The van der Waals surface area contributed by atoms with Crippen LogP contribution in [0.5, 0.6) is 0 Å². The molecule has 0 aliphatic heterocycles. The van der Waals surface area contributed by atoms with Gasteiger partial charge in [-0.1, -0.05) is 12.1 Å². The number of amides is 2. The van der Waals surface area contributed by atoms with E-state index in [1.165, 1.54) is 6.92 Å². The molecule has 0 saturated carbocycles. The third-order valence-electron chi connectivity index (χ3n) is 2.71. The number of anilines is 1. The van der Waals surface area contributed by atoms with E-state index >= 15 is 0 Å². The topological polar surface area (TPSA) is 58.6 Å². The van der Waals surface area contributed by atoms with Gasteiger partial charge in [0.15, 0.2) is 5.78 Å². The third-order valence-corrected chi connectivity index (χ3v) is 2.71. The number of nitrogens with one attached hydrogen (secondary N) is 1. The van der Waals surface area contributed by atoms with Crippen molar-refractivity contribution >= 4 is 17.5 Å². The SMILES string of the molecule is COCCCN(C)C(=O)Nc1cccc(C(C)=O)c1. The van der Waals surface area contributed by atoms with Crippen LogP contribution in [0.25, 0.3) is 0 Å². The molecule has 0 fully saturated rings. The number of rotatable bonds is 6. The van der Waals surface area contributed by atoms with Gasteiger partial charge in [0.2, 0.25) is 0 Å². The fraction of sp³-hybridized carbons (Fsp3) is 0.429. The molecule has 19 heavy (non-hydrogen) atoms. The molecule has 1 rings (SSSR count). The van der Waals surface area contributed by atoms with Gasteiger partial charge in [-0.25, -0.2) is 4.79 Å². The molecular formula is C14H20N2O3. The Morgan fingerprint density at radius 2 is 2.11 bits per heavy atom. The Morgan fingerprint density at radius 3 is 2.74 bits per heavy atom. The van der Waals surface area contributed by atoms with E-state index in [4.69, 9.17) is 4.74 Å². The van der Waals surface area contributed by atoms with Crippen LogP contribution in [0.4, 0.5) is 10.5 Å². The van der Waals surface area contributed by atoms with Crippen molar-refractivity contribution in [1.29, 1.82) is 0 Å². The minimum Gasteiger partial charge on any atom is -0.385 e. The largest absolute Gasteiger partial charge is 0.385 e. The van der Waals surface area contributed by atoms with Gasteiger partial charge in [0, 0.05) is 38.6 Å². The summed E-state index contributed by atoms with van der Waals surface area (Å²) in [4.78, 5) is 24.7. The third kappa shape index (κ3) is 5.09. The molecule has 1 aromatic rings. The van der Waals surface area contributed by atoms with E-state index in [1.807, 2.05) is 0 Å². The van der Waals surface area contributed by atoms with E-state index in [9.17, 15) is 9.59 Å². The van der Waals surface area contributed by atoms with Crippen LogP contribution in [-0.2, 0) is 4.74 Å². The first-order valence-electron chi connectivity index (χ1n) is 6.16. The molecule has 1 N–H and O–H groups in total. The average Bonchev–Trinajstić information content (AvgIpc) is 2.39. The Bertz CT molecular complexity index is 446. The van der Waals surface area contributed by atoms with Crippen LogP contribution in [0.3, 0.4) is 0 Å². The monoisotopic (exact) mass is 264 g/mol. The summed E-state index contributed by atoms with van der Waals surface area (Å²) in [5.74, 6) is -0.0236. The molecule has 104 valence electrons. The molecule has 0 saturated heterocycles. The van der Waals surface area contributed by atoms with E-state index in [0.717, 1.165) is 6.42 Å². The zero-order chi connectivity index (χ0) is 14.3. The van der Waals surface area contributed by atoms with Crippen molar-refractivity contribution in [2.24, 2.45) is 0 Å². The highest BCUT2D eigenvalue weighted by atomic mass is 16.5. The number of carbonyl (C=O) groups is 2. The predicted molar refractivity (Wildman–Crippen MR) is 74.6 cm³/mol. The lowest BCUT2D eigenvalue weighted by Crippen LogP contribution is -2.32. The lowest BCUT2D eigenvalue weighted by molar-refractivity contribution is 0.101. The van der Waals surface area contributed by atoms with E-state index in [0.29, 0.717) is 24.4 Å². The summed E-state index contributed by atoms with van der Waals surface area (Å²) >= 11 is 0. The number of benzene rings is 1. The lowest BCUT2D eigenvalue weighted by Gasteiger charge is -2.17. The smallest absolute Gasteiger partial charge is 0.321 e. The molecule has 0 unspecified atom stereocenters. The number of ketones is 1. The van der Waals surface area contributed by atoms with Gasteiger partial charge in [0.05, 0.1) is 0 Å². The Morgan fingerprint density at radius 1 is 1.37 bits per heavy atom. The minimum atomic E-state index is -0.197. The summed E-state index contributed by atoms with van der Waals surface area (Å²) in [5.41, 5.74) is 1.20. The molecule has 0 atom stereocenters. The summed E-state index contributed by atoms with van der Waals surface area (Å²) in [6.45, 7) is 2.74. The van der Waals surface area contributed by atoms with E-state index < -0.39 is 0 Å². The van der Waals surface area contributed by atoms with Crippen molar-refractivity contribution in [2.75, 3.05) is 32.6 Å². The van der Waals surface area contributed by atoms with Gasteiger partial charge in [-0.05, 0) is 25.5 Å². The van der Waals surface area contributed by atoms with Gasteiger partial charge in [-0.2, -0.15) is 0 Å². The molecule has 1 aromatic carbocycles. The molecule has 0 bridgehead atoms. The second-order valence-corrected chi connectivity index (χ2v) is 4.34. The van der Waals surface area contributed by atoms with Crippen molar-refractivity contribution < 1.29 is 14.3 Å². The number of urea groups is 1. The fourth-order valence-corrected chi connectivity index (χ4v) is 1.58. The van der Waals surface area contributed by atoms with Crippen molar-refractivity contribution in [3.05, 3.63) is 29.8 Å². The summed E-state index contributed by atoms with van der Waals surface area (Å²) in [5, 5.41) is 2.76. The van der Waals surface area contributed by atoms with Crippen LogP contribution in [0.1, 0.15) is 23.7 Å². The van der Waals surface area contributed by atoms with Crippen molar-refractivity contribution in [1.82, 2.24) is 4.90 Å². The molecule has 2 amide bonds. The van der Waals surface area contributed by atoms with Crippen LogP contribution in [-0.4, -0.2) is 44.0 Å². The number of ether oxygens (including phenoxy) is 1. The molecule has 0 radical (unpaired) electrons. The quantitative estimate of drug-likeness (QED) is 0.634. The maximum Gasteiger partial charge on any atom is 0.321 e. The first-order chi connectivity index (χ1) is 9.04. The van der Waals surface area contributed by atoms with Gasteiger partial charge < -0.3 is 15.0 Å². The van der Waals surface area contributed by atoms with Crippen molar-refractivity contribution in [2.45, 2.75) is 13.3 Å². The summed E-state index contributed by atoms with van der Waals surface area (Å²) in [6, 6.07) is 6.70. The first-order valence-corrected chi connectivity index (χ1v) is 6.16. The molecular weight excluding hydrogens is 244 g/mol. The van der Waals surface area contributed by atoms with Gasteiger partial charge in [0.1, 0.15) is 0 Å². The van der Waals surface area contributed by atoms with Gasteiger partial charge >= 0.3 is 6.03 Å². The normalized spacial score (nSPS) is 10.1. The maximum absolute atomic E-state index is 11.9. The number of carbonyl (C=O) groups excluding carboxylic acids is 2. The lowest BCUT2D eigenvalue weighted by atomic mass is 10.1. The molecule has 0 spiro atoms. The van der Waals surface area contributed by atoms with Crippen LogP contribution in [0.2, 0.25) is 0 Å². The highest BCUT2D eigenvalue weighted by Gasteiger charge is 2.09. The van der Waals surface area contributed by atoms with Crippen molar-refractivity contribution in [3.63, 3.8) is 0 Å². The zero-order valence-electron chi connectivity index (χ0n) is 11.6. The average molecular weight is 264 g/mol. The maximum atomic E-state index is 11.9. The second-order valence-electron chi connectivity index (χ2n) is 4.34. The van der Waals surface area contributed by atoms with Gasteiger partial charge in [0.25, 0.3) is 0 Å². The summed E-state index contributed by atoms with van der Waals surface area (Å²) in [6.07, 6.45) is 0.786. The number of methoxy groups -OCH3 is 1. The zero-order valence-corrected chi connectivity index (χ0v) is 11.6. The molecule has 5 heteroatoms. The molecule has 5 nitrogen and oxygen atoms in total. The van der Waals surface area contributed by atoms with Gasteiger partial charge in [-0.15, -0.1) is 0 Å². The second kappa shape index (κ2) is 7.53. The molecule has 0 heterocycles. The number of nitrogens with zero attached hydrogens (tertiary/aromatic N) is 1. The predicted octanol–water partition coefficient (Wildman–Crippen LogP) is 2.39. The minimum absolute atomic E-state index is 0.0236. The summed E-state index contributed by atoms with van der Waals surface area (Å²) in [7, 11) is 3.35. The number of hydrogen-bond donors (Lipinski definition) is 1. The van der Waals surface area contributed by atoms with Crippen LogP contribution < -0.4 is 5.32 Å².